The predicted molar refractivity (Wildman–Crippen MR) is 133 cm³/mol. The number of ether oxygens (including phenoxy) is 1. The van der Waals surface area contributed by atoms with Gasteiger partial charge in [-0.2, -0.15) is 0 Å². The second-order valence-corrected chi connectivity index (χ2v) is 7.96. The van der Waals surface area contributed by atoms with Crippen molar-refractivity contribution in [3.05, 3.63) is 59.4 Å². The largest absolute Gasteiger partial charge is 0.492 e. The van der Waals surface area contributed by atoms with E-state index in [2.05, 4.69) is 34.8 Å². The number of benzene rings is 2. The van der Waals surface area contributed by atoms with Crippen LogP contribution in [0, 0.1) is 5.82 Å². The fourth-order valence-electron chi connectivity index (χ4n) is 3.32. The SMILES string of the molecule is CN=C(NCCOc1ccc2c(c1)CCC(=O)N2)NCC(C)(C)c1cccc(F)c1.I. The van der Waals surface area contributed by atoms with Gasteiger partial charge in [-0.3, -0.25) is 9.79 Å². The molecular formula is C23H30FIN4O2. The van der Waals surface area contributed by atoms with Crippen molar-refractivity contribution in [1.82, 2.24) is 10.6 Å². The Hall–Kier alpha value is -2.36. The summed E-state index contributed by atoms with van der Waals surface area (Å²) >= 11 is 0. The minimum Gasteiger partial charge on any atom is -0.492 e. The molecule has 0 fully saturated rings. The van der Waals surface area contributed by atoms with E-state index < -0.39 is 0 Å². The fourth-order valence-corrected chi connectivity index (χ4v) is 3.32. The predicted octanol–water partition coefficient (Wildman–Crippen LogP) is 3.85. The van der Waals surface area contributed by atoms with Crippen LogP contribution in [-0.4, -0.2) is 38.6 Å². The molecule has 0 saturated carbocycles. The number of nitrogens with zero attached hydrogens (tertiary/aromatic N) is 1. The molecule has 3 rings (SSSR count). The number of rotatable bonds is 7. The molecule has 0 spiro atoms. The highest BCUT2D eigenvalue weighted by Gasteiger charge is 2.21. The van der Waals surface area contributed by atoms with Crippen LogP contribution in [0.5, 0.6) is 5.75 Å². The monoisotopic (exact) mass is 540 g/mol. The molecule has 2 aromatic carbocycles. The van der Waals surface area contributed by atoms with Crippen molar-refractivity contribution in [3.63, 3.8) is 0 Å². The molecule has 1 aliphatic heterocycles. The van der Waals surface area contributed by atoms with Crippen molar-refractivity contribution in [2.24, 2.45) is 4.99 Å². The first kappa shape index (κ1) is 24.9. The van der Waals surface area contributed by atoms with Crippen molar-refractivity contribution in [3.8, 4) is 5.75 Å². The Morgan fingerprint density at radius 2 is 2.00 bits per heavy atom. The smallest absolute Gasteiger partial charge is 0.224 e. The lowest BCUT2D eigenvalue weighted by Gasteiger charge is -2.27. The summed E-state index contributed by atoms with van der Waals surface area (Å²) in [6, 6.07) is 12.4. The summed E-state index contributed by atoms with van der Waals surface area (Å²) in [6.07, 6.45) is 1.24. The molecule has 0 aliphatic carbocycles. The first-order valence-electron chi connectivity index (χ1n) is 10.1. The Morgan fingerprint density at radius 1 is 1.19 bits per heavy atom. The standard InChI is InChI=1S/C23H29FN4O2.HI/c1-23(2,17-5-4-6-18(24)14-17)15-27-22(25-3)26-11-12-30-19-8-9-20-16(13-19)7-10-21(29)28-20;/h4-6,8-9,13-14H,7,10-12,15H2,1-3H3,(H,28,29)(H2,25,26,27);1H. The summed E-state index contributed by atoms with van der Waals surface area (Å²) < 4.78 is 19.4. The van der Waals surface area contributed by atoms with E-state index in [1.165, 1.54) is 6.07 Å². The zero-order valence-electron chi connectivity index (χ0n) is 18.1. The molecular weight excluding hydrogens is 510 g/mol. The molecule has 0 radical (unpaired) electrons. The van der Waals surface area contributed by atoms with Crippen molar-refractivity contribution >= 4 is 41.5 Å². The third-order valence-corrected chi connectivity index (χ3v) is 5.16. The lowest BCUT2D eigenvalue weighted by atomic mass is 9.84. The molecule has 8 heteroatoms. The summed E-state index contributed by atoms with van der Waals surface area (Å²) in [6.45, 7) is 5.77. The summed E-state index contributed by atoms with van der Waals surface area (Å²) in [5.74, 6) is 1.27. The number of aryl methyl sites for hydroxylation is 1. The van der Waals surface area contributed by atoms with Gasteiger partial charge in [-0.05, 0) is 47.9 Å². The second-order valence-electron chi connectivity index (χ2n) is 7.96. The number of fused-ring (bicyclic) bond motifs is 1. The third kappa shape index (κ3) is 7.09. The highest BCUT2D eigenvalue weighted by molar-refractivity contribution is 14.0. The van der Waals surface area contributed by atoms with Gasteiger partial charge in [0, 0.05) is 31.1 Å². The maximum absolute atomic E-state index is 13.5. The van der Waals surface area contributed by atoms with Crippen molar-refractivity contribution in [2.45, 2.75) is 32.1 Å². The van der Waals surface area contributed by atoms with Crippen molar-refractivity contribution in [2.75, 3.05) is 32.1 Å². The van der Waals surface area contributed by atoms with Crippen LogP contribution in [0.25, 0.3) is 0 Å². The molecule has 3 N–H and O–H groups in total. The van der Waals surface area contributed by atoms with Gasteiger partial charge in [0.15, 0.2) is 5.96 Å². The van der Waals surface area contributed by atoms with E-state index in [-0.39, 0.29) is 41.1 Å². The summed E-state index contributed by atoms with van der Waals surface area (Å²) in [5.41, 5.74) is 2.63. The van der Waals surface area contributed by atoms with Crippen LogP contribution in [0.4, 0.5) is 10.1 Å². The Kier molecular flexibility index (Phi) is 9.09. The van der Waals surface area contributed by atoms with E-state index in [0.29, 0.717) is 32.1 Å². The molecule has 0 atom stereocenters. The molecule has 6 nitrogen and oxygen atoms in total. The van der Waals surface area contributed by atoms with Crippen molar-refractivity contribution < 1.29 is 13.9 Å². The van der Waals surface area contributed by atoms with E-state index in [0.717, 1.165) is 29.0 Å². The number of nitrogens with one attached hydrogen (secondary N) is 3. The van der Waals surface area contributed by atoms with E-state index in [1.807, 2.05) is 24.3 Å². The highest BCUT2D eigenvalue weighted by Crippen LogP contribution is 2.26. The molecule has 0 aromatic heterocycles. The number of hydrogen-bond donors (Lipinski definition) is 3. The summed E-state index contributed by atoms with van der Waals surface area (Å²) in [7, 11) is 1.71. The van der Waals surface area contributed by atoms with Crippen LogP contribution >= 0.6 is 24.0 Å². The van der Waals surface area contributed by atoms with Gasteiger partial charge in [0.25, 0.3) is 0 Å². The molecule has 168 valence electrons. The zero-order valence-corrected chi connectivity index (χ0v) is 20.5. The number of carbonyl (C=O) groups is 1. The van der Waals surface area contributed by atoms with Crippen LogP contribution in [0.1, 0.15) is 31.4 Å². The first-order chi connectivity index (χ1) is 14.4. The Balaban J connectivity index is 0.00000341. The van der Waals surface area contributed by atoms with E-state index in [4.69, 9.17) is 4.74 Å². The van der Waals surface area contributed by atoms with Crippen LogP contribution in [0.3, 0.4) is 0 Å². The van der Waals surface area contributed by atoms with Crippen LogP contribution in [0.15, 0.2) is 47.5 Å². The van der Waals surface area contributed by atoms with Crippen molar-refractivity contribution in [1.29, 1.82) is 0 Å². The number of anilines is 1. The number of halogens is 2. The van der Waals surface area contributed by atoms with Crippen LogP contribution in [0.2, 0.25) is 0 Å². The highest BCUT2D eigenvalue weighted by atomic mass is 127. The maximum Gasteiger partial charge on any atom is 0.224 e. The van der Waals surface area contributed by atoms with Gasteiger partial charge < -0.3 is 20.7 Å². The van der Waals surface area contributed by atoms with Gasteiger partial charge in [0.2, 0.25) is 5.91 Å². The topological polar surface area (TPSA) is 74.8 Å². The lowest BCUT2D eigenvalue weighted by Crippen LogP contribution is -2.44. The third-order valence-electron chi connectivity index (χ3n) is 5.16. The van der Waals surface area contributed by atoms with E-state index >= 15 is 0 Å². The second kappa shape index (κ2) is 11.3. The Bertz CT molecular complexity index is 934. The summed E-state index contributed by atoms with van der Waals surface area (Å²) in [5, 5.41) is 9.38. The Morgan fingerprint density at radius 3 is 2.74 bits per heavy atom. The van der Waals surface area contributed by atoms with Gasteiger partial charge in [0.05, 0.1) is 6.54 Å². The molecule has 1 aliphatic rings. The number of aliphatic imine (C=N–C) groups is 1. The van der Waals surface area contributed by atoms with Gasteiger partial charge in [-0.1, -0.05) is 26.0 Å². The van der Waals surface area contributed by atoms with E-state index in [9.17, 15) is 9.18 Å². The quantitative estimate of drug-likeness (QED) is 0.216. The van der Waals surface area contributed by atoms with Crippen LogP contribution in [-0.2, 0) is 16.6 Å². The number of carbonyl (C=O) groups excluding carboxylic acids is 1. The Labute approximate surface area is 200 Å². The minimum atomic E-state index is -0.255. The van der Waals surface area contributed by atoms with Crippen LogP contribution < -0.4 is 20.7 Å². The number of guanidine groups is 1. The van der Waals surface area contributed by atoms with Gasteiger partial charge in [-0.25, -0.2) is 4.39 Å². The van der Waals surface area contributed by atoms with Gasteiger partial charge in [0.1, 0.15) is 18.2 Å². The van der Waals surface area contributed by atoms with Gasteiger partial charge in [-0.15, -0.1) is 24.0 Å². The molecule has 0 unspecified atom stereocenters. The fraction of sp³-hybridized carbons (Fsp3) is 0.391. The van der Waals surface area contributed by atoms with E-state index in [1.54, 1.807) is 19.2 Å². The molecule has 1 heterocycles. The molecule has 0 saturated heterocycles. The average molecular weight is 540 g/mol. The molecule has 31 heavy (non-hydrogen) atoms. The zero-order chi connectivity index (χ0) is 21.6. The number of amides is 1. The molecule has 2 aromatic rings. The maximum atomic E-state index is 13.5. The molecule has 0 bridgehead atoms. The molecule has 1 amide bonds. The van der Waals surface area contributed by atoms with Gasteiger partial charge >= 0.3 is 0 Å². The summed E-state index contributed by atoms with van der Waals surface area (Å²) in [4.78, 5) is 15.7. The first-order valence-corrected chi connectivity index (χ1v) is 10.1. The lowest BCUT2D eigenvalue weighted by molar-refractivity contribution is -0.116. The normalized spacial score (nSPS) is 13.5. The number of hydrogen-bond acceptors (Lipinski definition) is 3. The average Bonchev–Trinajstić information content (AvgIpc) is 2.73. The minimum absolute atomic E-state index is 0.